The Morgan fingerprint density at radius 2 is 2.18 bits per heavy atom. The molecule has 0 radical (unpaired) electrons. The van der Waals surface area contributed by atoms with Crippen molar-refractivity contribution in [2.24, 2.45) is 0 Å². The van der Waals surface area contributed by atoms with E-state index in [1.54, 1.807) is 0 Å². The van der Waals surface area contributed by atoms with E-state index in [0.29, 0.717) is 6.79 Å². The third kappa shape index (κ3) is 3.56. The van der Waals surface area contributed by atoms with Crippen molar-refractivity contribution in [1.82, 2.24) is 0 Å². The fourth-order valence-electron chi connectivity index (χ4n) is 1.63. The van der Waals surface area contributed by atoms with Gasteiger partial charge in [-0.15, -0.1) is 0 Å². The number of ether oxygens (including phenoxy) is 2. The summed E-state index contributed by atoms with van der Waals surface area (Å²) in [4.78, 5) is 10.3. The maximum atomic E-state index is 10.3. The molecule has 0 aromatic heterocycles. The minimum Gasteiger partial charge on any atom is -0.481 e. The monoisotopic (exact) mass is 254 g/mol. The number of benzene rings is 1. The maximum absolute atomic E-state index is 10.3. The molecule has 0 aliphatic carbocycles. The highest BCUT2D eigenvalue weighted by Gasteiger charge is 2.12. The lowest BCUT2D eigenvalue weighted by molar-refractivity contribution is -0.133. The van der Waals surface area contributed by atoms with Gasteiger partial charge >= 0.3 is 5.97 Å². The van der Waals surface area contributed by atoms with Gasteiger partial charge in [0, 0.05) is 0 Å². The average molecular weight is 254 g/mol. The van der Waals surface area contributed by atoms with Gasteiger partial charge in [0.25, 0.3) is 0 Å². The van der Waals surface area contributed by atoms with Crippen molar-refractivity contribution in [3.63, 3.8) is 0 Å². The number of aliphatic carboxylic acids is 1. The van der Waals surface area contributed by atoms with E-state index < -0.39 is 5.97 Å². The van der Waals surface area contributed by atoms with Crippen molar-refractivity contribution in [3.05, 3.63) is 23.8 Å². The van der Waals surface area contributed by atoms with Gasteiger partial charge in [-0.25, -0.2) is 0 Å². The van der Waals surface area contributed by atoms with Gasteiger partial charge in [-0.1, -0.05) is 6.07 Å². The average Bonchev–Trinajstić information content (AvgIpc) is 2.75. The first-order valence-corrected chi connectivity index (χ1v) is 6.59. The Labute approximate surface area is 104 Å². The first-order valence-electron chi connectivity index (χ1n) is 5.44. The van der Waals surface area contributed by atoms with Gasteiger partial charge in [0.15, 0.2) is 11.5 Å². The van der Waals surface area contributed by atoms with Crippen LogP contribution in [0.5, 0.6) is 11.5 Å². The van der Waals surface area contributed by atoms with Gasteiger partial charge in [0.1, 0.15) is 0 Å². The second-order valence-electron chi connectivity index (χ2n) is 3.74. The Morgan fingerprint density at radius 1 is 1.35 bits per heavy atom. The minimum absolute atomic E-state index is 0.182. The van der Waals surface area contributed by atoms with Crippen molar-refractivity contribution in [2.45, 2.75) is 12.8 Å². The Kier molecular flexibility index (Phi) is 4.14. The van der Waals surface area contributed by atoms with E-state index in [4.69, 9.17) is 14.6 Å². The fourth-order valence-corrected chi connectivity index (χ4v) is 2.30. The highest BCUT2D eigenvalue weighted by molar-refractivity contribution is 7.99. The number of aryl methyl sites for hydroxylation is 1. The van der Waals surface area contributed by atoms with Crippen LogP contribution < -0.4 is 9.47 Å². The molecule has 1 heterocycles. The van der Waals surface area contributed by atoms with Crippen molar-refractivity contribution < 1.29 is 19.4 Å². The van der Waals surface area contributed by atoms with E-state index in [0.717, 1.165) is 30.1 Å². The summed E-state index contributed by atoms with van der Waals surface area (Å²) >= 11 is 1.45. The molecule has 0 amide bonds. The van der Waals surface area contributed by atoms with Gasteiger partial charge in [-0.05, 0) is 36.3 Å². The van der Waals surface area contributed by atoms with Crippen LogP contribution in [0.15, 0.2) is 18.2 Å². The maximum Gasteiger partial charge on any atom is 0.313 e. The molecule has 1 aliphatic heterocycles. The Balaban J connectivity index is 1.74. The second kappa shape index (κ2) is 5.82. The molecular weight excluding hydrogens is 240 g/mol. The fraction of sp³-hybridized carbons (Fsp3) is 0.417. The Bertz CT molecular complexity index is 405. The minimum atomic E-state index is -0.752. The summed E-state index contributed by atoms with van der Waals surface area (Å²) in [6, 6.07) is 5.93. The Hall–Kier alpha value is -1.36. The molecule has 5 heteroatoms. The van der Waals surface area contributed by atoms with Crippen LogP contribution in [0, 0.1) is 0 Å². The lowest BCUT2D eigenvalue weighted by Crippen LogP contribution is -1.99. The number of carboxylic acids is 1. The first kappa shape index (κ1) is 12.1. The number of carbonyl (C=O) groups is 1. The number of hydrogen-bond donors (Lipinski definition) is 1. The molecule has 0 saturated carbocycles. The van der Waals surface area contributed by atoms with Gasteiger partial charge in [0.05, 0.1) is 5.75 Å². The molecule has 0 spiro atoms. The van der Waals surface area contributed by atoms with Crippen LogP contribution in [0.1, 0.15) is 12.0 Å². The molecule has 1 aromatic carbocycles. The van der Waals surface area contributed by atoms with Crippen molar-refractivity contribution in [3.8, 4) is 11.5 Å². The van der Waals surface area contributed by atoms with Crippen molar-refractivity contribution >= 4 is 17.7 Å². The van der Waals surface area contributed by atoms with E-state index in [1.165, 1.54) is 17.3 Å². The summed E-state index contributed by atoms with van der Waals surface area (Å²) < 4.78 is 10.5. The summed E-state index contributed by atoms with van der Waals surface area (Å²) in [7, 11) is 0. The van der Waals surface area contributed by atoms with Crippen LogP contribution in [-0.4, -0.2) is 29.4 Å². The summed E-state index contributed by atoms with van der Waals surface area (Å²) in [5.41, 5.74) is 1.20. The normalized spacial score (nSPS) is 12.7. The highest BCUT2D eigenvalue weighted by Crippen LogP contribution is 2.32. The predicted molar refractivity (Wildman–Crippen MR) is 65.8 cm³/mol. The van der Waals surface area contributed by atoms with E-state index in [1.807, 2.05) is 18.2 Å². The molecular formula is C12H14O4S. The van der Waals surface area contributed by atoms with Gasteiger partial charge in [-0.3, -0.25) is 4.79 Å². The molecule has 0 bridgehead atoms. The number of carboxylic acid groups (broad SMARTS) is 1. The lowest BCUT2D eigenvalue weighted by Gasteiger charge is -2.02. The van der Waals surface area contributed by atoms with Crippen molar-refractivity contribution in [2.75, 3.05) is 18.3 Å². The predicted octanol–water partition coefficient (Wildman–Crippen LogP) is 2.17. The molecule has 0 unspecified atom stereocenters. The van der Waals surface area contributed by atoms with Crippen LogP contribution in [0.2, 0.25) is 0 Å². The molecule has 1 aromatic rings. The summed E-state index contributed by atoms with van der Waals surface area (Å²) in [5, 5.41) is 8.48. The lowest BCUT2D eigenvalue weighted by atomic mass is 10.1. The second-order valence-corrected chi connectivity index (χ2v) is 4.84. The zero-order valence-corrected chi connectivity index (χ0v) is 10.2. The molecule has 0 atom stereocenters. The van der Waals surface area contributed by atoms with E-state index in [9.17, 15) is 4.79 Å². The third-order valence-corrected chi connectivity index (χ3v) is 3.45. The van der Waals surface area contributed by atoms with Crippen LogP contribution >= 0.6 is 11.8 Å². The zero-order valence-electron chi connectivity index (χ0n) is 9.35. The van der Waals surface area contributed by atoms with E-state index >= 15 is 0 Å². The molecule has 17 heavy (non-hydrogen) atoms. The smallest absolute Gasteiger partial charge is 0.313 e. The van der Waals surface area contributed by atoms with Crippen molar-refractivity contribution in [1.29, 1.82) is 0 Å². The largest absolute Gasteiger partial charge is 0.481 e. The summed E-state index contributed by atoms with van der Waals surface area (Å²) in [6.45, 7) is 0.299. The molecule has 1 N–H and O–H groups in total. The van der Waals surface area contributed by atoms with Gasteiger partial charge < -0.3 is 14.6 Å². The first-order chi connectivity index (χ1) is 8.25. The highest BCUT2D eigenvalue weighted by atomic mass is 32.2. The topological polar surface area (TPSA) is 55.8 Å². The quantitative estimate of drug-likeness (QED) is 0.788. The van der Waals surface area contributed by atoms with Crippen LogP contribution in [0.3, 0.4) is 0 Å². The van der Waals surface area contributed by atoms with Gasteiger partial charge in [0.2, 0.25) is 6.79 Å². The third-order valence-electron chi connectivity index (χ3n) is 2.42. The van der Waals surface area contributed by atoms with E-state index in [-0.39, 0.29) is 5.75 Å². The number of thioether (sulfide) groups is 1. The molecule has 0 saturated heterocycles. The van der Waals surface area contributed by atoms with Crippen LogP contribution in [0.4, 0.5) is 0 Å². The van der Waals surface area contributed by atoms with Crippen LogP contribution in [-0.2, 0) is 11.2 Å². The van der Waals surface area contributed by atoms with Crippen LogP contribution in [0.25, 0.3) is 0 Å². The molecule has 2 rings (SSSR count). The van der Waals surface area contributed by atoms with Gasteiger partial charge in [-0.2, -0.15) is 11.8 Å². The molecule has 1 aliphatic rings. The Morgan fingerprint density at radius 3 is 3.00 bits per heavy atom. The number of fused-ring (bicyclic) bond motifs is 1. The standard InChI is InChI=1S/C12H14O4S/c13-12(14)7-17-5-1-2-9-3-4-10-11(6-9)16-8-15-10/h3-4,6H,1-2,5,7-8H2,(H,13,14). The number of hydrogen-bond acceptors (Lipinski definition) is 4. The molecule has 92 valence electrons. The summed E-state index contributed by atoms with van der Waals surface area (Å²) in [5.74, 6) is 1.90. The number of rotatable bonds is 6. The molecule has 0 fully saturated rings. The summed E-state index contributed by atoms with van der Waals surface area (Å²) in [6.07, 6.45) is 1.90. The van der Waals surface area contributed by atoms with E-state index in [2.05, 4.69) is 0 Å². The zero-order chi connectivity index (χ0) is 12.1. The molecule has 4 nitrogen and oxygen atoms in total. The SMILES string of the molecule is O=C(O)CSCCCc1ccc2c(c1)OCO2.